The predicted molar refractivity (Wildman–Crippen MR) is 82.2 cm³/mol. The summed E-state index contributed by atoms with van der Waals surface area (Å²) in [6.45, 7) is 3.23. The molecule has 0 saturated carbocycles. The first kappa shape index (κ1) is 18.0. The lowest BCUT2D eigenvalue weighted by Crippen LogP contribution is -2.63. The van der Waals surface area contributed by atoms with Crippen molar-refractivity contribution in [2.75, 3.05) is 6.54 Å². The van der Waals surface area contributed by atoms with Crippen LogP contribution < -0.4 is 5.32 Å². The number of amidine groups is 1. The lowest BCUT2D eigenvalue weighted by molar-refractivity contribution is -0.200. The van der Waals surface area contributed by atoms with Crippen LogP contribution in [0.15, 0.2) is 35.3 Å². The Hall–Kier alpha value is -2.38. The largest absolute Gasteiger partial charge is 0.442 e. The van der Waals surface area contributed by atoms with Crippen LogP contribution in [0, 0.1) is 0 Å². The molecule has 0 aromatic heterocycles. The van der Waals surface area contributed by atoms with Crippen molar-refractivity contribution in [1.29, 1.82) is 0 Å². The van der Waals surface area contributed by atoms with Crippen molar-refractivity contribution in [2.45, 2.75) is 38.5 Å². The van der Waals surface area contributed by atoms with Crippen LogP contribution in [0.25, 0.3) is 0 Å². The molecule has 1 aromatic carbocycles. The summed E-state index contributed by atoms with van der Waals surface area (Å²) in [7, 11) is 0. The van der Waals surface area contributed by atoms with E-state index in [2.05, 4.69) is 4.99 Å². The van der Waals surface area contributed by atoms with E-state index in [1.165, 1.54) is 6.92 Å². The maximum atomic E-state index is 13.7. The second-order valence-corrected chi connectivity index (χ2v) is 5.37. The minimum atomic E-state index is -5.04. The van der Waals surface area contributed by atoms with E-state index < -0.39 is 23.7 Å². The van der Waals surface area contributed by atoms with Gasteiger partial charge >= 0.3 is 11.8 Å². The van der Waals surface area contributed by atoms with Crippen LogP contribution >= 0.6 is 0 Å². The summed E-state index contributed by atoms with van der Waals surface area (Å²) in [5, 5.41) is 1.78. The molecule has 8 heteroatoms. The molecule has 1 aromatic rings. The first-order chi connectivity index (χ1) is 11.3. The summed E-state index contributed by atoms with van der Waals surface area (Å²) in [6, 6.07) is 8.14. The van der Waals surface area contributed by atoms with Crippen molar-refractivity contribution in [2.24, 2.45) is 4.99 Å². The molecule has 0 fully saturated rings. The fourth-order valence-corrected chi connectivity index (χ4v) is 2.42. The van der Waals surface area contributed by atoms with Gasteiger partial charge in [-0.1, -0.05) is 44.2 Å². The molecule has 0 saturated heterocycles. The second-order valence-electron chi connectivity index (χ2n) is 5.37. The molecule has 2 rings (SSSR count). The summed E-state index contributed by atoms with van der Waals surface area (Å²) >= 11 is 0. The molecule has 0 aliphatic carbocycles. The number of nitrogens with one attached hydrogen (secondary N) is 1. The third-order valence-electron chi connectivity index (χ3n) is 3.61. The highest BCUT2D eigenvalue weighted by Crippen LogP contribution is 2.38. The quantitative estimate of drug-likeness (QED) is 0.894. The Kier molecular flexibility index (Phi) is 4.96. The van der Waals surface area contributed by atoms with Crippen molar-refractivity contribution in [3.05, 3.63) is 35.9 Å². The molecule has 24 heavy (non-hydrogen) atoms. The van der Waals surface area contributed by atoms with E-state index in [9.17, 15) is 22.8 Å². The summed E-state index contributed by atoms with van der Waals surface area (Å²) in [5.74, 6) is -2.26. The van der Waals surface area contributed by atoms with Crippen LogP contribution in [0.1, 0.15) is 32.3 Å². The molecule has 1 unspecified atom stereocenters. The van der Waals surface area contributed by atoms with E-state index in [1.807, 2.05) is 0 Å². The minimum Gasteiger partial charge on any atom is -0.316 e. The van der Waals surface area contributed by atoms with E-state index in [1.54, 1.807) is 42.6 Å². The van der Waals surface area contributed by atoms with Gasteiger partial charge in [-0.3, -0.25) is 14.5 Å². The Morgan fingerprint density at radius 1 is 1.25 bits per heavy atom. The summed E-state index contributed by atoms with van der Waals surface area (Å²) in [6.07, 6.45) is -4.78. The number of aliphatic imine (C=N–C) groups is 1. The highest BCUT2D eigenvalue weighted by molar-refractivity contribution is 6.16. The van der Waals surface area contributed by atoms with E-state index in [0.29, 0.717) is 12.0 Å². The predicted octanol–water partition coefficient (Wildman–Crippen LogP) is 2.47. The normalized spacial score (nSPS) is 21.0. The van der Waals surface area contributed by atoms with Crippen LogP contribution in [0.5, 0.6) is 0 Å². The third kappa shape index (κ3) is 3.00. The van der Waals surface area contributed by atoms with Gasteiger partial charge in [0.1, 0.15) is 5.84 Å². The number of halogens is 3. The smallest absolute Gasteiger partial charge is 0.316 e. The summed E-state index contributed by atoms with van der Waals surface area (Å²) < 4.78 is 41.1. The number of amides is 2. The molecule has 1 heterocycles. The van der Waals surface area contributed by atoms with Crippen molar-refractivity contribution < 1.29 is 22.8 Å². The SMILES string of the molecule is CCCN1C(=O)C(NC(=O)CC)(C(F)(F)F)N=C1c1ccccc1. The van der Waals surface area contributed by atoms with Crippen LogP contribution in [0.2, 0.25) is 0 Å². The number of hydrogen-bond acceptors (Lipinski definition) is 3. The van der Waals surface area contributed by atoms with E-state index in [-0.39, 0.29) is 18.8 Å². The number of carbonyl (C=O) groups is 2. The van der Waals surface area contributed by atoms with E-state index in [4.69, 9.17) is 0 Å². The second kappa shape index (κ2) is 6.62. The van der Waals surface area contributed by atoms with Crippen LogP contribution in [0.4, 0.5) is 13.2 Å². The zero-order chi connectivity index (χ0) is 18.0. The average Bonchev–Trinajstić information content (AvgIpc) is 2.82. The minimum absolute atomic E-state index is 0.0758. The van der Waals surface area contributed by atoms with E-state index in [0.717, 1.165) is 4.90 Å². The topological polar surface area (TPSA) is 61.8 Å². The van der Waals surface area contributed by atoms with Crippen molar-refractivity contribution in [1.82, 2.24) is 10.2 Å². The zero-order valence-electron chi connectivity index (χ0n) is 13.4. The molecule has 130 valence electrons. The monoisotopic (exact) mass is 341 g/mol. The number of carbonyl (C=O) groups excluding carboxylic acids is 2. The van der Waals surface area contributed by atoms with Crippen LogP contribution in [-0.2, 0) is 9.59 Å². The Labute approximate surface area is 137 Å². The lowest BCUT2D eigenvalue weighted by Gasteiger charge is -2.28. The molecule has 0 spiro atoms. The van der Waals surface area contributed by atoms with Crippen LogP contribution in [-0.4, -0.2) is 40.9 Å². The lowest BCUT2D eigenvalue weighted by atomic mass is 10.1. The van der Waals surface area contributed by atoms with Gasteiger partial charge in [0.25, 0.3) is 5.91 Å². The number of hydrogen-bond donors (Lipinski definition) is 1. The summed E-state index contributed by atoms with van der Waals surface area (Å²) in [4.78, 5) is 28.8. The van der Waals surface area contributed by atoms with Gasteiger partial charge < -0.3 is 5.32 Å². The highest BCUT2D eigenvalue weighted by atomic mass is 19.4. The molecule has 0 bridgehead atoms. The Morgan fingerprint density at radius 3 is 2.38 bits per heavy atom. The molecule has 5 nitrogen and oxygen atoms in total. The first-order valence-electron chi connectivity index (χ1n) is 7.61. The first-order valence-corrected chi connectivity index (χ1v) is 7.61. The number of alkyl halides is 3. The maximum absolute atomic E-state index is 13.7. The molecule has 2 amide bonds. The number of rotatable bonds is 5. The molecular weight excluding hydrogens is 323 g/mol. The molecular formula is C16H18F3N3O2. The van der Waals surface area contributed by atoms with Gasteiger partial charge in [0.05, 0.1) is 0 Å². The van der Waals surface area contributed by atoms with Gasteiger partial charge in [0.2, 0.25) is 5.91 Å². The van der Waals surface area contributed by atoms with Crippen molar-refractivity contribution >= 4 is 17.6 Å². The van der Waals surface area contributed by atoms with Crippen molar-refractivity contribution in [3.8, 4) is 0 Å². The van der Waals surface area contributed by atoms with Gasteiger partial charge in [-0.05, 0) is 6.42 Å². The van der Waals surface area contributed by atoms with Crippen LogP contribution in [0.3, 0.4) is 0 Å². The van der Waals surface area contributed by atoms with Gasteiger partial charge in [0.15, 0.2) is 0 Å². The molecule has 1 aliphatic heterocycles. The van der Waals surface area contributed by atoms with Gasteiger partial charge in [-0.25, -0.2) is 4.99 Å². The Balaban J connectivity index is 2.60. The average molecular weight is 341 g/mol. The number of benzene rings is 1. The highest BCUT2D eigenvalue weighted by Gasteiger charge is 2.66. The molecule has 0 radical (unpaired) electrons. The maximum Gasteiger partial charge on any atom is 0.442 e. The van der Waals surface area contributed by atoms with Gasteiger partial charge in [-0.2, -0.15) is 13.2 Å². The van der Waals surface area contributed by atoms with Crippen molar-refractivity contribution in [3.63, 3.8) is 0 Å². The third-order valence-corrected chi connectivity index (χ3v) is 3.61. The molecule has 1 N–H and O–H groups in total. The Morgan fingerprint density at radius 2 is 1.88 bits per heavy atom. The fraction of sp³-hybridized carbons (Fsp3) is 0.438. The van der Waals surface area contributed by atoms with Gasteiger partial charge in [0, 0.05) is 18.5 Å². The summed E-state index contributed by atoms with van der Waals surface area (Å²) in [5.41, 5.74) is -2.88. The Bertz CT molecular complexity index is 658. The number of nitrogens with zero attached hydrogens (tertiary/aromatic N) is 2. The standard InChI is InChI=1S/C16H18F3N3O2/c1-3-10-22-13(11-8-6-5-7-9-11)21-15(14(22)24,16(17,18)19)20-12(23)4-2/h5-9H,3-4,10H2,1-2H3,(H,20,23). The molecule has 1 atom stereocenters. The van der Waals surface area contributed by atoms with E-state index >= 15 is 0 Å². The van der Waals surface area contributed by atoms with Gasteiger partial charge in [-0.15, -0.1) is 0 Å². The zero-order valence-corrected chi connectivity index (χ0v) is 13.4. The molecule has 1 aliphatic rings. The fourth-order valence-electron chi connectivity index (χ4n) is 2.42.